The Balaban J connectivity index is 0.00000208. The lowest BCUT2D eigenvalue weighted by atomic mass is 10.1. The lowest BCUT2D eigenvalue weighted by molar-refractivity contribution is -0.116. The fourth-order valence-corrected chi connectivity index (χ4v) is 3.43. The van der Waals surface area contributed by atoms with Gasteiger partial charge in [-0.1, -0.05) is 0 Å². The zero-order chi connectivity index (χ0) is 16.1. The number of rotatable bonds is 4. The predicted octanol–water partition coefficient (Wildman–Crippen LogP) is 2.91. The van der Waals surface area contributed by atoms with Crippen LogP contribution in [0.15, 0.2) is 36.5 Å². The summed E-state index contributed by atoms with van der Waals surface area (Å²) in [6.45, 7) is 2.92. The van der Waals surface area contributed by atoms with E-state index >= 15 is 0 Å². The normalized spacial score (nSPS) is 17.0. The summed E-state index contributed by atoms with van der Waals surface area (Å²) in [7, 11) is 0. The molecule has 1 fully saturated rings. The quantitative estimate of drug-likeness (QED) is 0.873. The zero-order valence-electron chi connectivity index (χ0n) is 13.5. The first-order valence-electron chi connectivity index (χ1n) is 7.72. The summed E-state index contributed by atoms with van der Waals surface area (Å²) in [6.07, 6.45) is 2.26. The average molecular weight is 365 g/mol. The van der Waals surface area contributed by atoms with Gasteiger partial charge in [0, 0.05) is 53.7 Å². The Morgan fingerprint density at radius 3 is 2.79 bits per heavy atom. The number of carbonyl (C=O) groups excluding carboxylic acids is 1. The zero-order valence-corrected chi connectivity index (χ0v) is 15.1. The molecule has 24 heavy (non-hydrogen) atoms. The number of amides is 1. The lowest BCUT2D eigenvalue weighted by Gasteiger charge is -2.22. The van der Waals surface area contributed by atoms with Crippen molar-refractivity contribution in [2.24, 2.45) is 0 Å². The van der Waals surface area contributed by atoms with Gasteiger partial charge in [-0.3, -0.25) is 4.79 Å². The second-order valence-corrected chi connectivity index (χ2v) is 6.73. The number of benzene rings is 1. The Bertz CT molecular complexity index is 675. The van der Waals surface area contributed by atoms with E-state index in [0.717, 1.165) is 35.0 Å². The number of aryl methyl sites for hydroxylation is 1. The Hall–Kier alpha value is -1.63. The van der Waals surface area contributed by atoms with Crippen LogP contribution in [0, 0.1) is 6.92 Å². The minimum absolute atomic E-state index is 0. The highest BCUT2D eigenvalue weighted by Gasteiger charge is 2.16. The molecule has 128 valence electrons. The van der Waals surface area contributed by atoms with Crippen LogP contribution >= 0.6 is 24.2 Å². The molecule has 3 rings (SSSR count). The summed E-state index contributed by atoms with van der Waals surface area (Å²) in [5.41, 5.74) is 2.68. The van der Waals surface area contributed by atoms with Gasteiger partial charge in [0.2, 0.25) is 5.91 Å². The molecular formula is C17H21ClN4OS. The molecule has 1 aromatic heterocycles. The van der Waals surface area contributed by atoms with Gasteiger partial charge < -0.3 is 10.6 Å². The molecule has 5 nitrogen and oxygen atoms in total. The van der Waals surface area contributed by atoms with Gasteiger partial charge in [-0.05, 0) is 37.3 Å². The molecule has 1 saturated heterocycles. The minimum Gasteiger partial charge on any atom is -0.326 e. The molecule has 2 aromatic rings. The van der Waals surface area contributed by atoms with E-state index < -0.39 is 0 Å². The van der Waals surface area contributed by atoms with Crippen molar-refractivity contribution in [1.29, 1.82) is 0 Å². The van der Waals surface area contributed by atoms with Crippen LogP contribution in [0.5, 0.6) is 0 Å². The van der Waals surface area contributed by atoms with Crippen LogP contribution in [0.25, 0.3) is 11.4 Å². The smallest absolute Gasteiger partial charge is 0.225 e. The summed E-state index contributed by atoms with van der Waals surface area (Å²) >= 11 is 1.90. The van der Waals surface area contributed by atoms with E-state index in [1.807, 2.05) is 49.0 Å². The minimum atomic E-state index is 0. The number of nitrogens with zero attached hydrogens (tertiary/aromatic N) is 2. The Morgan fingerprint density at radius 2 is 2.12 bits per heavy atom. The first-order valence-corrected chi connectivity index (χ1v) is 8.87. The summed E-state index contributed by atoms with van der Waals surface area (Å²) in [4.78, 5) is 20.8. The molecular weight excluding hydrogens is 344 g/mol. The number of aromatic nitrogens is 2. The van der Waals surface area contributed by atoms with Gasteiger partial charge in [-0.2, -0.15) is 11.8 Å². The molecule has 1 aromatic carbocycles. The van der Waals surface area contributed by atoms with Crippen LogP contribution in [0.1, 0.15) is 12.1 Å². The Kier molecular flexibility index (Phi) is 7.02. The summed E-state index contributed by atoms with van der Waals surface area (Å²) in [5.74, 6) is 2.87. The molecule has 1 unspecified atom stereocenters. The van der Waals surface area contributed by atoms with Crippen LogP contribution in [0.4, 0.5) is 5.69 Å². The molecule has 1 atom stereocenters. The maximum Gasteiger partial charge on any atom is 0.225 e. The number of anilines is 1. The highest BCUT2D eigenvalue weighted by molar-refractivity contribution is 7.99. The molecule has 2 N–H and O–H groups in total. The van der Waals surface area contributed by atoms with Gasteiger partial charge in [0.1, 0.15) is 0 Å². The number of halogens is 1. The topological polar surface area (TPSA) is 66.9 Å². The van der Waals surface area contributed by atoms with E-state index in [0.29, 0.717) is 12.2 Å². The maximum absolute atomic E-state index is 12.1. The number of hydrogen-bond acceptors (Lipinski definition) is 5. The largest absolute Gasteiger partial charge is 0.326 e. The molecule has 0 radical (unpaired) electrons. The van der Waals surface area contributed by atoms with E-state index in [1.165, 1.54) is 0 Å². The van der Waals surface area contributed by atoms with Crippen LogP contribution in [0.2, 0.25) is 0 Å². The van der Waals surface area contributed by atoms with Gasteiger partial charge in [-0.25, -0.2) is 9.97 Å². The van der Waals surface area contributed by atoms with Crippen molar-refractivity contribution in [2.45, 2.75) is 19.4 Å². The van der Waals surface area contributed by atoms with Crippen LogP contribution in [-0.4, -0.2) is 40.0 Å². The van der Waals surface area contributed by atoms with Gasteiger partial charge >= 0.3 is 0 Å². The second-order valence-electron chi connectivity index (χ2n) is 5.58. The molecule has 7 heteroatoms. The van der Waals surface area contributed by atoms with Crippen molar-refractivity contribution in [3.8, 4) is 11.4 Å². The molecule has 0 spiro atoms. The van der Waals surface area contributed by atoms with Gasteiger partial charge in [-0.15, -0.1) is 12.4 Å². The van der Waals surface area contributed by atoms with E-state index in [-0.39, 0.29) is 24.4 Å². The van der Waals surface area contributed by atoms with Crippen molar-refractivity contribution in [1.82, 2.24) is 15.3 Å². The van der Waals surface area contributed by atoms with Crippen LogP contribution in [0.3, 0.4) is 0 Å². The first-order chi connectivity index (χ1) is 11.2. The van der Waals surface area contributed by atoms with E-state index in [1.54, 1.807) is 6.20 Å². The first kappa shape index (κ1) is 18.7. The lowest BCUT2D eigenvalue weighted by Crippen LogP contribution is -2.39. The van der Waals surface area contributed by atoms with Crippen molar-refractivity contribution < 1.29 is 4.79 Å². The Labute approximate surface area is 152 Å². The third kappa shape index (κ3) is 5.19. The fourth-order valence-electron chi connectivity index (χ4n) is 2.48. The standard InChI is InChI=1S/C17H20N4OS.ClH/c1-12-6-7-19-17(20-12)13-2-4-14(5-3-13)21-16(22)10-15-11-23-9-8-18-15;/h2-7,15,18H,8-11H2,1H3,(H,21,22);1H. The predicted molar refractivity (Wildman–Crippen MR) is 102 cm³/mol. The SMILES string of the molecule is Cc1ccnc(-c2ccc(NC(=O)CC3CSCCN3)cc2)n1.Cl. The van der Waals surface area contributed by atoms with Gasteiger partial charge in [0.15, 0.2) is 5.82 Å². The molecule has 1 aliphatic heterocycles. The van der Waals surface area contributed by atoms with Crippen LogP contribution in [-0.2, 0) is 4.79 Å². The highest BCUT2D eigenvalue weighted by Crippen LogP contribution is 2.18. The summed E-state index contributed by atoms with van der Waals surface area (Å²) in [6, 6.07) is 9.78. The number of thioether (sulfide) groups is 1. The highest BCUT2D eigenvalue weighted by atomic mass is 35.5. The molecule has 0 aliphatic carbocycles. The van der Waals surface area contributed by atoms with Crippen molar-refractivity contribution in [2.75, 3.05) is 23.4 Å². The molecule has 2 heterocycles. The summed E-state index contributed by atoms with van der Waals surface area (Å²) in [5, 5.41) is 6.32. The molecule has 0 bridgehead atoms. The van der Waals surface area contributed by atoms with Gasteiger partial charge in [0.05, 0.1) is 0 Å². The Morgan fingerprint density at radius 1 is 1.33 bits per heavy atom. The monoisotopic (exact) mass is 364 g/mol. The maximum atomic E-state index is 12.1. The molecule has 0 saturated carbocycles. The summed E-state index contributed by atoms with van der Waals surface area (Å²) < 4.78 is 0. The van der Waals surface area contributed by atoms with E-state index in [4.69, 9.17) is 0 Å². The second kappa shape index (κ2) is 9.01. The third-order valence-electron chi connectivity index (χ3n) is 3.65. The van der Waals surface area contributed by atoms with Crippen molar-refractivity contribution >= 4 is 35.8 Å². The average Bonchev–Trinajstić information content (AvgIpc) is 2.56. The van der Waals surface area contributed by atoms with Crippen LogP contribution < -0.4 is 10.6 Å². The fraction of sp³-hybridized carbons (Fsp3) is 0.353. The molecule has 1 amide bonds. The van der Waals surface area contributed by atoms with Crippen molar-refractivity contribution in [3.63, 3.8) is 0 Å². The number of carbonyl (C=O) groups is 1. The molecule has 1 aliphatic rings. The third-order valence-corrected chi connectivity index (χ3v) is 4.78. The number of hydrogen-bond donors (Lipinski definition) is 2. The van der Waals surface area contributed by atoms with E-state index in [9.17, 15) is 4.79 Å². The van der Waals surface area contributed by atoms with Crippen molar-refractivity contribution in [3.05, 3.63) is 42.2 Å². The van der Waals surface area contributed by atoms with E-state index in [2.05, 4.69) is 20.6 Å². The number of nitrogens with one attached hydrogen (secondary N) is 2. The van der Waals surface area contributed by atoms with Gasteiger partial charge in [0.25, 0.3) is 0 Å².